The van der Waals surface area contributed by atoms with Crippen LogP contribution >= 0.6 is 15.9 Å². The van der Waals surface area contributed by atoms with Crippen molar-refractivity contribution >= 4 is 33.4 Å². The molecule has 0 aliphatic carbocycles. The predicted octanol–water partition coefficient (Wildman–Crippen LogP) is 4.01. The van der Waals surface area contributed by atoms with Crippen molar-refractivity contribution in [3.8, 4) is 0 Å². The highest BCUT2D eigenvalue weighted by Gasteiger charge is 2.27. The first-order valence-corrected chi connectivity index (χ1v) is 7.41. The lowest BCUT2D eigenvalue weighted by Crippen LogP contribution is -2.43. The number of benzene rings is 1. The molecule has 4 nitrogen and oxygen atoms in total. The molecule has 1 aliphatic rings. The molecule has 0 radical (unpaired) electrons. The van der Waals surface area contributed by atoms with Crippen LogP contribution in [0.5, 0.6) is 0 Å². The van der Waals surface area contributed by atoms with Gasteiger partial charge >= 0.3 is 6.09 Å². The van der Waals surface area contributed by atoms with E-state index in [1.54, 1.807) is 4.90 Å². The summed E-state index contributed by atoms with van der Waals surface area (Å²) in [7, 11) is 0. The van der Waals surface area contributed by atoms with Gasteiger partial charge in [0.15, 0.2) is 0 Å². The molecule has 0 saturated carbocycles. The smallest absolute Gasteiger partial charge is 0.414 e. The highest BCUT2D eigenvalue weighted by molar-refractivity contribution is 9.10. The Kier molecular flexibility index (Phi) is 4.69. The molecule has 0 aromatic heterocycles. The molecule has 5 heteroatoms. The van der Waals surface area contributed by atoms with E-state index in [1.165, 1.54) is 0 Å². The van der Waals surface area contributed by atoms with Crippen LogP contribution in [0.4, 0.5) is 16.2 Å². The van der Waals surface area contributed by atoms with E-state index in [0.29, 0.717) is 13.2 Å². The van der Waals surface area contributed by atoms with E-state index in [4.69, 9.17) is 4.74 Å². The average molecular weight is 327 g/mol. The quantitative estimate of drug-likeness (QED) is 0.853. The van der Waals surface area contributed by atoms with Crippen LogP contribution in [-0.4, -0.2) is 25.3 Å². The maximum atomic E-state index is 12.2. The minimum absolute atomic E-state index is 0.215. The van der Waals surface area contributed by atoms with E-state index in [2.05, 4.69) is 35.1 Å². The second kappa shape index (κ2) is 6.28. The lowest BCUT2D eigenvalue weighted by molar-refractivity contribution is 0.151. The zero-order chi connectivity index (χ0) is 13.8. The lowest BCUT2D eigenvalue weighted by atomic mass is 10.1. The van der Waals surface area contributed by atoms with Gasteiger partial charge in [-0.3, -0.25) is 4.90 Å². The number of carbonyl (C=O) groups is 1. The van der Waals surface area contributed by atoms with Gasteiger partial charge in [-0.15, -0.1) is 0 Å². The van der Waals surface area contributed by atoms with Crippen molar-refractivity contribution in [3.05, 3.63) is 22.7 Å². The molecule has 1 aliphatic heterocycles. The normalized spacial score (nSPS) is 17.6. The second-order valence-corrected chi connectivity index (χ2v) is 5.70. The summed E-state index contributed by atoms with van der Waals surface area (Å²) in [5, 5.41) is 3.37. The van der Waals surface area contributed by atoms with Gasteiger partial charge in [0, 0.05) is 17.1 Å². The van der Waals surface area contributed by atoms with E-state index in [1.807, 2.05) is 18.2 Å². The van der Waals surface area contributed by atoms with Crippen LogP contribution in [0.25, 0.3) is 0 Å². The summed E-state index contributed by atoms with van der Waals surface area (Å²) in [5.41, 5.74) is 1.84. The fraction of sp³-hybridized carbons (Fsp3) is 0.500. The minimum atomic E-state index is -0.263. The standard InChI is InChI=1S/C14H19BrN2O2/c1-3-4-7-19-14(18)17-9-10(2)16-12-6-5-11(15)8-13(12)17/h5-6,8,10,16H,3-4,7,9H2,1-2H3. The Morgan fingerprint density at radius 3 is 3.11 bits per heavy atom. The number of nitrogens with one attached hydrogen (secondary N) is 1. The summed E-state index contributed by atoms with van der Waals surface area (Å²) in [6, 6.07) is 6.09. The van der Waals surface area contributed by atoms with Gasteiger partial charge in [-0.25, -0.2) is 4.79 Å². The molecule has 1 atom stereocenters. The first-order valence-electron chi connectivity index (χ1n) is 6.62. The third-order valence-electron chi connectivity index (χ3n) is 3.05. The summed E-state index contributed by atoms with van der Waals surface area (Å²) in [6.07, 6.45) is 1.66. The Morgan fingerprint density at radius 2 is 2.37 bits per heavy atom. The molecule has 0 bridgehead atoms. The molecular weight excluding hydrogens is 308 g/mol. The molecule has 104 valence electrons. The van der Waals surface area contributed by atoms with E-state index >= 15 is 0 Å². The molecule has 1 N–H and O–H groups in total. The summed E-state index contributed by atoms with van der Waals surface area (Å²) in [6.45, 7) is 5.23. The monoisotopic (exact) mass is 326 g/mol. The molecule has 1 aromatic carbocycles. The van der Waals surface area contributed by atoms with Crippen molar-refractivity contribution < 1.29 is 9.53 Å². The van der Waals surface area contributed by atoms with Crippen molar-refractivity contribution in [2.24, 2.45) is 0 Å². The fourth-order valence-electron chi connectivity index (χ4n) is 2.09. The molecular formula is C14H19BrN2O2. The van der Waals surface area contributed by atoms with Gasteiger partial charge in [-0.05, 0) is 31.5 Å². The Bertz CT molecular complexity index is 465. The molecule has 0 saturated heterocycles. The molecule has 2 rings (SSSR count). The number of hydrogen-bond donors (Lipinski definition) is 1. The highest BCUT2D eigenvalue weighted by atomic mass is 79.9. The fourth-order valence-corrected chi connectivity index (χ4v) is 2.44. The number of hydrogen-bond acceptors (Lipinski definition) is 3. The third-order valence-corrected chi connectivity index (χ3v) is 3.55. The largest absolute Gasteiger partial charge is 0.449 e. The Morgan fingerprint density at radius 1 is 1.58 bits per heavy atom. The number of fused-ring (bicyclic) bond motifs is 1. The number of anilines is 2. The summed E-state index contributed by atoms with van der Waals surface area (Å²) in [4.78, 5) is 13.9. The van der Waals surface area contributed by atoms with Crippen molar-refractivity contribution in [2.75, 3.05) is 23.4 Å². The minimum Gasteiger partial charge on any atom is -0.449 e. The van der Waals surface area contributed by atoms with Crippen molar-refractivity contribution in [2.45, 2.75) is 32.7 Å². The maximum absolute atomic E-state index is 12.2. The van der Waals surface area contributed by atoms with Crippen LogP contribution in [-0.2, 0) is 4.74 Å². The SMILES string of the molecule is CCCCOC(=O)N1CC(C)Nc2ccc(Br)cc21. The van der Waals surface area contributed by atoms with Gasteiger partial charge in [0.25, 0.3) is 0 Å². The van der Waals surface area contributed by atoms with Gasteiger partial charge in [0.2, 0.25) is 0 Å². The number of amides is 1. The summed E-state index contributed by atoms with van der Waals surface area (Å²) >= 11 is 3.44. The number of halogens is 1. The van der Waals surface area contributed by atoms with Crippen molar-refractivity contribution in [1.82, 2.24) is 0 Å². The topological polar surface area (TPSA) is 41.6 Å². The first-order chi connectivity index (χ1) is 9.11. The Labute approximate surface area is 122 Å². The molecule has 19 heavy (non-hydrogen) atoms. The third kappa shape index (κ3) is 3.41. The van der Waals surface area contributed by atoms with E-state index in [0.717, 1.165) is 28.7 Å². The van der Waals surface area contributed by atoms with Crippen LogP contribution in [0, 0.1) is 0 Å². The molecule has 1 unspecified atom stereocenters. The maximum Gasteiger partial charge on any atom is 0.414 e. The van der Waals surface area contributed by atoms with Crippen molar-refractivity contribution in [1.29, 1.82) is 0 Å². The molecule has 0 spiro atoms. The molecule has 0 fully saturated rings. The van der Waals surface area contributed by atoms with Gasteiger partial charge in [0.05, 0.1) is 18.0 Å². The van der Waals surface area contributed by atoms with Crippen molar-refractivity contribution in [3.63, 3.8) is 0 Å². The second-order valence-electron chi connectivity index (χ2n) is 4.79. The van der Waals surface area contributed by atoms with E-state index in [9.17, 15) is 4.79 Å². The zero-order valence-electron chi connectivity index (χ0n) is 11.3. The van der Waals surface area contributed by atoms with E-state index in [-0.39, 0.29) is 12.1 Å². The number of nitrogens with zero attached hydrogens (tertiary/aromatic N) is 1. The number of ether oxygens (including phenoxy) is 1. The van der Waals surface area contributed by atoms with Crippen LogP contribution in [0.1, 0.15) is 26.7 Å². The van der Waals surface area contributed by atoms with Gasteiger partial charge < -0.3 is 10.1 Å². The van der Waals surface area contributed by atoms with Gasteiger partial charge in [0.1, 0.15) is 0 Å². The number of rotatable bonds is 3. The van der Waals surface area contributed by atoms with Crippen LogP contribution in [0.15, 0.2) is 22.7 Å². The van der Waals surface area contributed by atoms with Gasteiger partial charge in [-0.2, -0.15) is 0 Å². The number of carbonyl (C=O) groups excluding carboxylic acids is 1. The summed E-state index contributed by atoms with van der Waals surface area (Å²) < 4.78 is 6.26. The van der Waals surface area contributed by atoms with Gasteiger partial charge in [-0.1, -0.05) is 29.3 Å². The highest BCUT2D eigenvalue weighted by Crippen LogP contribution is 2.33. The molecule has 1 amide bonds. The number of unbranched alkanes of at least 4 members (excludes halogenated alkanes) is 1. The zero-order valence-corrected chi connectivity index (χ0v) is 12.9. The van der Waals surface area contributed by atoms with E-state index < -0.39 is 0 Å². The molecule has 1 heterocycles. The lowest BCUT2D eigenvalue weighted by Gasteiger charge is -2.33. The summed E-state index contributed by atoms with van der Waals surface area (Å²) in [5.74, 6) is 0. The Balaban J connectivity index is 2.17. The van der Waals surface area contributed by atoms with Crippen LogP contribution < -0.4 is 10.2 Å². The first kappa shape index (κ1) is 14.2. The Hall–Kier alpha value is -1.23. The van der Waals surface area contributed by atoms with Crippen LogP contribution in [0.2, 0.25) is 0 Å². The predicted molar refractivity (Wildman–Crippen MR) is 80.8 cm³/mol. The average Bonchev–Trinajstić information content (AvgIpc) is 2.38. The van der Waals surface area contributed by atoms with Crippen LogP contribution in [0.3, 0.4) is 0 Å². The molecule has 1 aromatic rings.